The zero-order valence-corrected chi connectivity index (χ0v) is 11.7. The molecule has 3 heterocycles. The molecule has 2 aliphatic rings. The smallest absolute Gasteiger partial charge is 0.273 e. The van der Waals surface area contributed by atoms with Gasteiger partial charge in [-0.25, -0.2) is 0 Å². The molecule has 1 aromatic heterocycles. The lowest BCUT2D eigenvalue weighted by molar-refractivity contribution is -0.110. The molecule has 0 unspecified atom stereocenters. The van der Waals surface area contributed by atoms with Gasteiger partial charge < -0.3 is 20.0 Å². The molecule has 0 saturated carbocycles. The first-order valence-corrected chi connectivity index (χ1v) is 6.80. The number of amides is 1. The van der Waals surface area contributed by atoms with Crippen molar-refractivity contribution in [3.8, 4) is 0 Å². The summed E-state index contributed by atoms with van der Waals surface area (Å²) in [5, 5.41) is 13.9. The van der Waals surface area contributed by atoms with Crippen molar-refractivity contribution in [2.24, 2.45) is 5.16 Å². The number of hydrogen-bond acceptors (Lipinski definition) is 6. The highest BCUT2D eigenvalue weighted by atomic mass is 16.7. The largest absolute Gasteiger partial charge is 0.388 e. The molecule has 108 valence electrons. The van der Waals surface area contributed by atoms with Gasteiger partial charge in [0.15, 0.2) is 5.76 Å². The first-order valence-electron chi connectivity index (χ1n) is 6.80. The fourth-order valence-electron chi connectivity index (χ4n) is 2.64. The Morgan fingerprint density at radius 1 is 1.35 bits per heavy atom. The Morgan fingerprint density at radius 2 is 2.10 bits per heavy atom. The van der Waals surface area contributed by atoms with Crippen molar-refractivity contribution < 1.29 is 14.2 Å². The molecular formula is C13H18N4O3. The number of hydrogen-bond donors (Lipinski definition) is 2. The molecule has 2 N–H and O–H groups in total. The van der Waals surface area contributed by atoms with E-state index < -0.39 is 0 Å². The lowest BCUT2D eigenvalue weighted by atomic mass is 9.87. The van der Waals surface area contributed by atoms with Crippen molar-refractivity contribution in [1.29, 1.82) is 0 Å². The summed E-state index contributed by atoms with van der Waals surface area (Å²) in [7, 11) is 0. The summed E-state index contributed by atoms with van der Waals surface area (Å²) in [6.45, 7) is 5.34. The number of nitrogens with zero attached hydrogens (tertiary/aromatic N) is 2. The number of carbonyl (C=O) groups is 1. The second kappa shape index (κ2) is 4.90. The zero-order valence-electron chi connectivity index (χ0n) is 11.7. The van der Waals surface area contributed by atoms with Gasteiger partial charge in [-0.3, -0.25) is 4.79 Å². The van der Waals surface area contributed by atoms with Gasteiger partial charge in [-0.15, -0.1) is 0 Å². The fraction of sp³-hybridized carbons (Fsp3) is 0.615. The number of carbonyl (C=O) groups excluding carboxylic acids is 1. The van der Waals surface area contributed by atoms with Gasteiger partial charge in [0.2, 0.25) is 0 Å². The van der Waals surface area contributed by atoms with Crippen LogP contribution < -0.4 is 10.6 Å². The zero-order chi connectivity index (χ0) is 14.2. The second-order valence-electron chi connectivity index (χ2n) is 5.39. The summed E-state index contributed by atoms with van der Waals surface area (Å²) in [4.78, 5) is 17.8. The van der Waals surface area contributed by atoms with Crippen LogP contribution >= 0.6 is 0 Å². The molecule has 2 aliphatic heterocycles. The van der Waals surface area contributed by atoms with Crippen LogP contribution in [-0.2, 0) is 9.63 Å². The van der Waals surface area contributed by atoms with Gasteiger partial charge in [-0.05, 0) is 26.9 Å². The lowest BCUT2D eigenvalue weighted by Gasteiger charge is -2.30. The van der Waals surface area contributed by atoms with Crippen LogP contribution in [0.5, 0.6) is 0 Å². The number of piperidine rings is 1. The number of anilines is 1. The Morgan fingerprint density at radius 3 is 2.75 bits per heavy atom. The van der Waals surface area contributed by atoms with E-state index in [9.17, 15) is 4.79 Å². The second-order valence-corrected chi connectivity index (χ2v) is 5.39. The van der Waals surface area contributed by atoms with Gasteiger partial charge in [0.1, 0.15) is 22.7 Å². The highest BCUT2D eigenvalue weighted by Crippen LogP contribution is 2.33. The summed E-state index contributed by atoms with van der Waals surface area (Å²) in [5.41, 5.74) is 1.42. The number of aromatic nitrogens is 1. The SMILES string of the molecule is Cc1noc(C)c1NC(=O)C1=NOC2(CCNCC2)C1. The highest BCUT2D eigenvalue weighted by molar-refractivity contribution is 6.43. The van der Waals surface area contributed by atoms with Crippen molar-refractivity contribution in [2.45, 2.75) is 38.7 Å². The van der Waals surface area contributed by atoms with Gasteiger partial charge >= 0.3 is 0 Å². The van der Waals surface area contributed by atoms with Crippen molar-refractivity contribution in [2.75, 3.05) is 18.4 Å². The van der Waals surface area contributed by atoms with Crippen LogP contribution in [-0.4, -0.2) is 35.5 Å². The maximum atomic E-state index is 12.2. The Hall–Kier alpha value is -1.89. The van der Waals surface area contributed by atoms with Crippen LogP contribution in [0.3, 0.4) is 0 Å². The molecular weight excluding hydrogens is 260 g/mol. The normalized spacial score (nSPS) is 20.6. The fourth-order valence-corrected chi connectivity index (χ4v) is 2.64. The van der Waals surface area contributed by atoms with Crippen LogP contribution in [0.25, 0.3) is 0 Å². The van der Waals surface area contributed by atoms with E-state index >= 15 is 0 Å². The molecule has 1 spiro atoms. The number of oxime groups is 1. The average Bonchev–Trinajstić information content (AvgIpc) is 2.98. The first kappa shape index (κ1) is 13.1. The van der Waals surface area contributed by atoms with Gasteiger partial charge in [0.05, 0.1) is 0 Å². The molecule has 0 aliphatic carbocycles. The predicted octanol–water partition coefficient (Wildman–Crippen LogP) is 1.13. The van der Waals surface area contributed by atoms with Gasteiger partial charge in [0, 0.05) is 19.3 Å². The Balaban J connectivity index is 1.67. The van der Waals surface area contributed by atoms with Crippen LogP contribution in [0.15, 0.2) is 9.68 Å². The minimum absolute atomic E-state index is 0.241. The topological polar surface area (TPSA) is 88.8 Å². The minimum Gasteiger partial charge on any atom is -0.388 e. The van der Waals surface area contributed by atoms with E-state index in [1.807, 2.05) is 0 Å². The molecule has 20 heavy (non-hydrogen) atoms. The van der Waals surface area contributed by atoms with Gasteiger partial charge in [0.25, 0.3) is 5.91 Å². The van der Waals surface area contributed by atoms with Gasteiger partial charge in [-0.2, -0.15) is 0 Å². The number of aryl methyl sites for hydroxylation is 2. The van der Waals surface area contributed by atoms with Crippen LogP contribution in [0.4, 0.5) is 5.69 Å². The molecule has 0 radical (unpaired) electrons. The summed E-state index contributed by atoms with van der Waals surface area (Å²) < 4.78 is 5.02. The lowest BCUT2D eigenvalue weighted by Crippen LogP contribution is -2.42. The summed E-state index contributed by atoms with van der Waals surface area (Å²) in [6.07, 6.45) is 2.31. The molecule has 7 nitrogen and oxygen atoms in total. The van der Waals surface area contributed by atoms with E-state index in [-0.39, 0.29) is 11.5 Å². The van der Waals surface area contributed by atoms with E-state index in [1.165, 1.54) is 0 Å². The van der Waals surface area contributed by atoms with Crippen molar-refractivity contribution >= 4 is 17.3 Å². The third kappa shape index (κ3) is 2.29. The number of nitrogens with one attached hydrogen (secondary N) is 2. The Labute approximate surface area is 116 Å². The predicted molar refractivity (Wildman–Crippen MR) is 72.6 cm³/mol. The highest BCUT2D eigenvalue weighted by Gasteiger charge is 2.42. The van der Waals surface area contributed by atoms with Crippen molar-refractivity contribution in [3.63, 3.8) is 0 Å². The monoisotopic (exact) mass is 278 g/mol. The number of rotatable bonds is 2. The maximum Gasteiger partial charge on any atom is 0.273 e. The third-order valence-electron chi connectivity index (χ3n) is 3.89. The molecule has 0 aromatic carbocycles. The molecule has 1 amide bonds. The molecule has 3 rings (SSSR count). The Bertz CT molecular complexity index is 538. The molecule has 0 bridgehead atoms. The summed E-state index contributed by atoms with van der Waals surface area (Å²) in [6, 6.07) is 0. The maximum absolute atomic E-state index is 12.2. The summed E-state index contributed by atoms with van der Waals surface area (Å²) in [5.74, 6) is 0.349. The van der Waals surface area contributed by atoms with Gasteiger partial charge in [-0.1, -0.05) is 10.3 Å². The quantitative estimate of drug-likeness (QED) is 0.846. The van der Waals surface area contributed by atoms with Crippen LogP contribution in [0.2, 0.25) is 0 Å². The van der Waals surface area contributed by atoms with Crippen LogP contribution in [0.1, 0.15) is 30.7 Å². The first-order chi connectivity index (χ1) is 9.60. The van der Waals surface area contributed by atoms with E-state index in [2.05, 4.69) is 20.9 Å². The molecule has 0 atom stereocenters. The van der Waals surface area contributed by atoms with E-state index in [0.717, 1.165) is 25.9 Å². The standard InChI is InChI=1S/C13H18N4O3/c1-8-11(9(2)19-16-8)15-12(18)10-7-13(20-17-10)3-5-14-6-4-13/h14H,3-7H2,1-2H3,(H,15,18). The van der Waals surface area contributed by atoms with E-state index in [0.29, 0.717) is 29.3 Å². The molecule has 1 aromatic rings. The minimum atomic E-state index is -0.295. The average molecular weight is 278 g/mol. The van der Waals surface area contributed by atoms with Crippen LogP contribution in [0, 0.1) is 13.8 Å². The molecule has 7 heteroatoms. The third-order valence-corrected chi connectivity index (χ3v) is 3.89. The summed E-state index contributed by atoms with van der Waals surface area (Å²) >= 11 is 0. The van der Waals surface area contributed by atoms with E-state index in [1.54, 1.807) is 13.8 Å². The Kier molecular flexibility index (Phi) is 3.21. The van der Waals surface area contributed by atoms with Crippen molar-refractivity contribution in [1.82, 2.24) is 10.5 Å². The van der Waals surface area contributed by atoms with Crippen molar-refractivity contribution in [3.05, 3.63) is 11.5 Å². The van der Waals surface area contributed by atoms with E-state index in [4.69, 9.17) is 9.36 Å². The molecule has 1 fully saturated rings. The molecule has 1 saturated heterocycles.